The molecule has 0 aliphatic carbocycles. The third kappa shape index (κ3) is 4.53. The maximum atomic E-state index is 12.4. The molecular weight excluding hydrogens is 334 g/mol. The van der Waals surface area contributed by atoms with Crippen LogP contribution in [0.1, 0.15) is 11.1 Å². The van der Waals surface area contributed by atoms with Crippen molar-refractivity contribution in [2.24, 2.45) is 0 Å². The molecule has 0 spiro atoms. The van der Waals surface area contributed by atoms with Crippen molar-refractivity contribution < 1.29 is 9.69 Å². The number of hydrogen-bond donors (Lipinski definition) is 2. The molecule has 1 saturated heterocycles. The van der Waals surface area contributed by atoms with Crippen molar-refractivity contribution in [1.82, 2.24) is 0 Å². The van der Waals surface area contributed by atoms with Crippen LogP contribution in [0.25, 0.3) is 0 Å². The summed E-state index contributed by atoms with van der Waals surface area (Å²) in [5, 5.41) is 3.60. The van der Waals surface area contributed by atoms with Gasteiger partial charge in [-0.2, -0.15) is 0 Å². The lowest BCUT2D eigenvalue weighted by atomic mass is 10.1. The Morgan fingerprint density at radius 3 is 2.48 bits per heavy atom. The largest absolute Gasteiger partial charge is 0.360 e. The summed E-state index contributed by atoms with van der Waals surface area (Å²) in [5.41, 5.74) is 4.10. The second-order valence-corrected chi connectivity index (χ2v) is 7.14. The first kappa shape index (κ1) is 17.8. The van der Waals surface area contributed by atoms with Gasteiger partial charge in [0.15, 0.2) is 6.54 Å². The number of anilines is 2. The van der Waals surface area contributed by atoms with Crippen LogP contribution in [0, 0.1) is 13.8 Å². The van der Waals surface area contributed by atoms with Gasteiger partial charge in [0.1, 0.15) is 0 Å². The highest BCUT2D eigenvalue weighted by Crippen LogP contribution is 2.27. The highest BCUT2D eigenvalue weighted by Gasteiger charge is 2.22. The van der Waals surface area contributed by atoms with Crippen LogP contribution in [0.15, 0.2) is 42.5 Å². The minimum atomic E-state index is 0.0250. The zero-order valence-electron chi connectivity index (χ0n) is 14.8. The van der Waals surface area contributed by atoms with E-state index >= 15 is 0 Å². The molecule has 2 aromatic carbocycles. The third-order valence-electron chi connectivity index (χ3n) is 4.70. The summed E-state index contributed by atoms with van der Waals surface area (Å²) >= 11 is 6.28. The van der Waals surface area contributed by atoms with E-state index in [1.807, 2.05) is 32.0 Å². The molecule has 1 fully saturated rings. The van der Waals surface area contributed by atoms with Gasteiger partial charge < -0.3 is 15.1 Å². The fourth-order valence-corrected chi connectivity index (χ4v) is 3.75. The van der Waals surface area contributed by atoms with Crippen LogP contribution in [0.4, 0.5) is 11.4 Å². The minimum Gasteiger partial charge on any atom is -0.360 e. The summed E-state index contributed by atoms with van der Waals surface area (Å²) in [7, 11) is 0. The lowest BCUT2D eigenvalue weighted by Gasteiger charge is -2.33. The van der Waals surface area contributed by atoms with Crippen LogP contribution in [0.2, 0.25) is 5.02 Å². The fourth-order valence-electron chi connectivity index (χ4n) is 3.38. The van der Waals surface area contributed by atoms with E-state index in [9.17, 15) is 4.79 Å². The summed E-state index contributed by atoms with van der Waals surface area (Å²) in [4.78, 5) is 16.1. The summed E-state index contributed by atoms with van der Waals surface area (Å²) in [6.07, 6.45) is 0. The van der Waals surface area contributed by atoms with Gasteiger partial charge in [0.2, 0.25) is 0 Å². The molecule has 1 aliphatic heterocycles. The van der Waals surface area contributed by atoms with Crippen molar-refractivity contribution in [1.29, 1.82) is 0 Å². The predicted octanol–water partition coefficient (Wildman–Crippen LogP) is 2.30. The number of para-hydroxylation sites is 1. The zero-order valence-corrected chi connectivity index (χ0v) is 15.6. The molecule has 2 aromatic rings. The van der Waals surface area contributed by atoms with E-state index in [1.165, 1.54) is 10.6 Å². The molecule has 1 aliphatic rings. The SMILES string of the molecule is Cc1cc(C)c(NC(=O)C[NH+]2CCN(c3ccccc3)CC2)c(Cl)c1. The molecule has 2 N–H and O–H groups in total. The van der Waals surface area contributed by atoms with E-state index in [1.54, 1.807) is 0 Å². The molecule has 25 heavy (non-hydrogen) atoms. The number of carbonyl (C=O) groups excluding carboxylic acids is 1. The average molecular weight is 359 g/mol. The van der Waals surface area contributed by atoms with Gasteiger partial charge in [-0.05, 0) is 43.2 Å². The number of quaternary nitrogens is 1. The first-order chi connectivity index (χ1) is 12.0. The molecule has 0 atom stereocenters. The number of carbonyl (C=O) groups is 1. The van der Waals surface area contributed by atoms with Gasteiger partial charge in [0.25, 0.3) is 5.91 Å². The van der Waals surface area contributed by atoms with Crippen LogP contribution in [0.3, 0.4) is 0 Å². The van der Waals surface area contributed by atoms with Crippen molar-refractivity contribution in [3.05, 3.63) is 58.6 Å². The second-order valence-electron chi connectivity index (χ2n) is 6.74. The van der Waals surface area contributed by atoms with Crippen molar-refractivity contribution in [2.45, 2.75) is 13.8 Å². The number of nitrogens with zero attached hydrogens (tertiary/aromatic N) is 1. The number of amides is 1. The molecule has 0 bridgehead atoms. The molecule has 0 aromatic heterocycles. The molecule has 5 heteroatoms. The summed E-state index contributed by atoms with van der Waals surface area (Å²) < 4.78 is 0. The van der Waals surface area contributed by atoms with Gasteiger partial charge in [0.05, 0.1) is 36.9 Å². The Hall–Kier alpha value is -2.04. The van der Waals surface area contributed by atoms with Gasteiger partial charge >= 0.3 is 0 Å². The predicted molar refractivity (Wildman–Crippen MR) is 104 cm³/mol. The van der Waals surface area contributed by atoms with Crippen LogP contribution in [0.5, 0.6) is 0 Å². The van der Waals surface area contributed by atoms with Gasteiger partial charge in [-0.25, -0.2) is 0 Å². The number of halogens is 1. The van der Waals surface area contributed by atoms with E-state index in [2.05, 4.69) is 34.5 Å². The van der Waals surface area contributed by atoms with Crippen molar-refractivity contribution >= 4 is 28.9 Å². The van der Waals surface area contributed by atoms with Crippen molar-refractivity contribution in [3.63, 3.8) is 0 Å². The van der Waals surface area contributed by atoms with Crippen molar-refractivity contribution in [2.75, 3.05) is 42.9 Å². The van der Waals surface area contributed by atoms with Crippen LogP contribution < -0.4 is 15.1 Å². The quantitative estimate of drug-likeness (QED) is 0.880. The van der Waals surface area contributed by atoms with Crippen LogP contribution in [-0.2, 0) is 4.79 Å². The van der Waals surface area contributed by atoms with E-state index in [-0.39, 0.29) is 5.91 Å². The molecule has 132 valence electrons. The normalized spacial score (nSPS) is 15.2. The number of aryl methyl sites for hydroxylation is 2. The zero-order chi connectivity index (χ0) is 17.8. The van der Waals surface area contributed by atoms with Crippen LogP contribution in [-0.4, -0.2) is 38.6 Å². The monoisotopic (exact) mass is 358 g/mol. The third-order valence-corrected chi connectivity index (χ3v) is 5.00. The molecule has 4 nitrogen and oxygen atoms in total. The Labute approximate surface area is 154 Å². The average Bonchev–Trinajstić information content (AvgIpc) is 2.59. The van der Waals surface area contributed by atoms with E-state index < -0.39 is 0 Å². The Morgan fingerprint density at radius 2 is 1.84 bits per heavy atom. The maximum Gasteiger partial charge on any atom is 0.279 e. The Balaban J connectivity index is 1.53. The standard InChI is InChI=1S/C20H24ClN3O/c1-15-12-16(2)20(18(21)13-15)22-19(25)14-23-8-10-24(11-9-23)17-6-4-3-5-7-17/h3-7,12-13H,8-11,14H2,1-2H3,(H,22,25)/p+1. The molecule has 0 radical (unpaired) electrons. The van der Waals surface area contributed by atoms with E-state index in [0.717, 1.165) is 43.0 Å². The lowest BCUT2D eigenvalue weighted by Crippen LogP contribution is -3.15. The molecule has 1 heterocycles. The van der Waals surface area contributed by atoms with E-state index in [4.69, 9.17) is 11.6 Å². The lowest BCUT2D eigenvalue weighted by molar-refractivity contribution is -0.892. The smallest absolute Gasteiger partial charge is 0.279 e. The molecular formula is C20H25ClN3O+. The van der Waals surface area contributed by atoms with E-state index in [0.29, 0.717) is 11.6 Å². The Kier molecular flexibility index (Phi) is 5.61. The number of piperazine rings is 1. The van der Waals surface area contributed by atoms with Gasteiger partial charge in [-0.3, -0.25) is 4.79 Å². The van der Waals surface area contributed by atoms with Gasteiger partial charge in [0, 0.05) is 5.69 Å². The molecule has 0 saturated carbocycles. The van der Waals surface area contributed by atoms with Crippen LogP contribution >= 0.6 is 11.6 Å². The minimum absolute atomic E-state index is 0.0250. The molecule has 0 unspecified atom stereocenters. The maximum absolute atomic E-state index is 12.4. The van der Waals surface area contributed by atoms with Gasteiger partial charge in [-0.15, -0.1) is 0 Å². The topological polar surface area (TPSA) is 36.8 Å². The highest BCUT2D eigenvalue weighted by atomic mass is 35.5. The second kappa shape index (κ2) is 7.89. The summed E-state index contributed by atoms with van der Waals surface area (Å²) in [6.45, 7) is 8.31. The Morgan fingerprint density at radius 1 is 1.16 bits per heavy atom. The molecule has 3 rings (SSSR count). The first-order valence-corrected chi connectivity index (χ1v) is 9.11. The number of benzene rings is 2. The summed E-state index contributed by atoms with van der Waals surface area (Å²) in [5.74, 6) is 0.0250. The van der Waals surface area contributed by atoms with Gasteiger partial charge in [-0.1, -0.05) is 35.9 Å². The fraction of sp³-hybridized carbons (Fsp3) is 0.350. The molecule has 1 amide bonds. The Bertz CT molecular complexity index is 717. The number of rotatable bonds is 4. The first-order valence-electron chi connectivity index (χ1n) is 8.73. The summed E-state index contributed by atoms with van der Waals surface area (Å²) in [6, 6.07) is 14.4. The highest BCUT2D eigenvalue weighted by molar-refractivity contribution is 6.34. The number of hydrogen-bond acceptors (Lipinski definition) is 2. The van der Waals surface area contributed by atoms with Crippen molar-refractivity contribution in [3.8, 4) is 0 Å². The number of nitrogens with one attached hydrogen (secondary N) is 2.